The van der Waals surface area contributed by atoms with Gasteiger partial charge in [0.2, 0.25) is 0 Å². The smallest absolute Gasteiger partial charge is 0.132 e. The van der Waals surface area contributed by atoms with Crippen molar-refractivity contribution in [3.63, 3.8) is 0 Å². The third-order valence-electron chi connectivity index (χ3n) is 2.90. The number of aromatic nitrogens is 1. The Bertz CT molecular complexity index is 319. The summed E-state index contributed by atoms with van der Waals surface area (Å²) < 4.78 is 0. The lowest BCUT2D eigenvalue weighted by molar-refractivity contribution is -0.120. The molecule has 2 rings (SSSR count). The van der Waals surface area contributed by atoms with Crippen molar-refractivity contribution >= 4 is 5.78 Å². The van der Waals surface area contributed by atoms with Crippen molar-refractivity contribution in [2.24, 2.45) is 0 Å². The van der Waals surface area contributed by atoms with E-state index in [9.17, 15) is 4.79 Å². The van der Waals surface area contributed by atoms with Crippen molar-refractivity contribution < 1.29 is 4.79 Å². The van der Waals surface area contributed by atoms with E-state index in [4.69, 9.17) is 0 Å². The first-order valence-corrected chi connectivity index (χ1v) is 5.20. The van der Waals surface area contributed by atoms with E-state index in [-0.39, 0.29) is 0 Å². The van der Waals surface area contributed by atoms with Crippen molar-refractivity contribution in [1.29, 1.82) is 0 Å². The van der Waals surface area contributed by atoms with Crippen LogP contribution < -0.4 is 0 Å². The topological polar surface area (TPSA) is 30.0 Å². The third-order valence-corrected chi connectivity index (χ3v) is 2.90. The van der Waals surface area contributed by atoms with Crippen LogP contribution in [0.4, 0.5) is 0 Å². The van der Waals surface area contributed by atoms with Gasteiger partial charge in [-0.15, -0.1) is 0 Å². The zero-order valence-corrected chi connectivity index (χ0v) is 8.49. The highest BCUT2D eigenvalue weighted by atomic mass is 16.1. The fourth-order valence-corrected chi connectivity index (χ4v) is 1.96. The monoisotopic (exact) mass is 189 g/mol. The first kappa shape index (κ1) is 9.38. The van der Waals surface area contributed by atoms with Gasteiger partial charge in [0.25, 0.3) is 0 Å². The average molecular weight is 189 g/mol. The Morgan fingerprint density at radius 2 is 2.00 bits per heavy atom. The minimum atomic E-state index is 0.411. The van der Waals surface area contributed by atoms with E-state index >= 15 is 0 Å². The molecule has 14 heavy (non-hydrogen) atoms. The molecule has 0 saturated heterocycles. The van der Waals surface area contributed by atoms with Gasteiger partial charge in [0, 0.05) is 30.7 Å². The van der Waals surface area contributed by atoms with Crippen LogP contribution >= 0.6 is 0 Å². The summed E-state index contributed by atoms with van der Waals surface area (Å²) in [6.45, 7) is 2.04. The summed E-state index contributed by atoms with van der Waals surface area (Å²) in [5.41, 5.74) is 2.35. The molecule has 0 bridgehead atoms. The number of Topliss-reactive ketones (excluding diaryl/α,β-unsaturated/α-hetero) is 1. The number of hydrogen-bond donors (Lipinski definition) is 0. The number of nitrogens with zero attached hydrogens (tertiary/aromatic N) is 1. The average Bonchev–Trinajstić information content (AvgIpc) is 2.21. The van der Waals surface area contributed by atoms with E-state index in [1.807, 2.05) is 13.1 Å². The molecule has 0 unspecified atom stereocenters. The van der Waals surface area contributed by atoms with E-state index in [1.54, 1.807) is 0 Å². The van der Waals surface area contributed by atoms with Gasteiger partial charge in [-0.05, 0) is 31.4 Å². The van der Waals surface area contributed by atoms with Crippen LogP contribution in [0, 0.1) is 6.92 Å². The molecule has 2 heteroatoms. The van der Waals surface area contributed by atoms with Gasteiger partial charge in [-0.2, -0.15) is 0 Å². The summed E-state index contributed by atoms with van der Waals surface area (Å²) in [5.74, 6) is 0.918. The highest BCUT2D eigenvalue weighted by molar-refractivity contribution is 5.79. The van der Waals surface area contributed by atoms with Crippen molar-refractivity contribution in [3.8, 4) is 0 Å². The van der Waals surface area contributed by atoms with Gasteiger partial charge in [-0.25, -0.2) is 0 Å². The summed E-state index contributed by atoms with van der Waals surface area (Å²) in [7, 11) is 0. The second-order valence-electron chi connectivity index (χ2n) is 4.07. The largest absolute Gasteiger partial charge is 0.300 e. The fourth-order valence-electron chi connectivity index (χ4n) is 1.96. The van der Waals surface area contributed by atoms with Gasteiger partial charge in [0.05, 0.1) is 0 Å². The Morgan fingerprint density at radius 3 is 2.57 bits per heavy atom. The molecule has 1 aliphatic rings. The molecular weight excluding hydrogens is 174 g/mol. The number of aryl methyl sites for hydroxylation is 1. The molecule has 0 amide bonds. The first-order valence-electron chi connectivity index (χ1n) is 5.20. The normalized spacial score (nSPS) is 18.5. The molecule has 0 aromatic carbocycles. The molecule has 74 valence electrons. The highest BCUT2D eigenvalue weighted by Gasteiger charge is 2.20. The zero-order chi connectivity index (χ0) is 9.97. The molecule has 0 N–H and O–H groups in total. The number of pyridine rings is 1. The SMILES string of the molecule is Cc1ccc(C2CCC(=O)CC2)nc1. The van der Waals surface area contributed by atoms with E-state index in [2.05, 4.69) is 17.1 Å². The Labute approximate surface area is 84.4 Å². The predicted molar refractivity (Wildman–Crippen MR) is 55.2 cm³/mol. The number of rotatable bonds is 1. The molecule has 0 spiro atoms. The molecule has 1 aliphatic carbocycles. The highest BCUT2D eigenvalue weighted by Crippen LogP contribution is 2.29. The van der Waals surface area contributed by atoms with Gasteiger partial charge < -0.3 is 0 Å². The van der Waals surface area contributed by atoms with Gasteiger partial charge in [0.15, 0.2) is 0 Å². The van der Waals surface area contributed by atoms with Crippen LogP contribution in [0.3, 0.4) is 0 Å². The first-order chi connectivity index (χ1) is 6.75. The van der Waals surface area contributed by atoms with Gasteiger partial charge >= 0.3 is 0 Å². The predicted octanol–water partition coefficient (Wildman–Crippen LogP) is 2.62. The lowest BCUT2D eigenvalue weighted by atomic mass is 9.86. The minimum Gasteiger partial charge on any atom is -0.300 e. The maximum atomic E-state index is 11.1. The minimum absolute atomic E-state index is 0.411. The van der Waals surface area contributed by atoms with Crippen LogP contribution in [0.5, 0.6) is 0 Å². The summed E-state index contributed by atoms with van der Waals surface area (Å²) >= 11 is 0. The Hall–Kier alpha value is -1.18. The lowest BCUT2D eigenvalue weighted by Crippen LogP contribution is -2.13. The maximum Gasteiger partial charge on any atom is 0.132 e. The Kier molecular flexibility index (Phi) is 2.62. The molecule has 2 nitrogen and oxygen atoms in total. The molecule has 0 radical (unpaired) electrons. The van der Waals surface area contributed by atoms with Crippen LogP contribution in [-0.4, -0.2) is 10.8 Å². The van der Waals surface area contributed by atoms with Crippen molar-refractivity contribution in [1.82, 2.24) is 4.98 Å². The number of carbonyl (C=O) groups is 1. The van der Waals surface area contributed by atoms with Crippen LogP contribution in [0.15, 0.2) is 18.3 Å². The second kappa shape index (κ2) is 3.91. The number of ketones is 1. The van der Waals surface area contributed by atoms with Crippen molar-refractivity contribution in [3.05, 3.63) is 29.6 Å². The van der Waals surface area contributed by atoms with Crippen LogP contribution in [0.2, 0.25) is 0 Å². The maximum absolute atomic E-state index is 11.1. The summed E-state index contributed by atoms with van der Waals surface area (Å²) in [4.78, 5) is 15.5. The zero-order valence-electron chi connectivity index (χ0n) is 8.49. The summed E-state index contributed by atoms with van der Waals surface area (Å²) in [5, 5.41) is 0. The molecule has 1 heterocycles. The molecule has 0 atom stereocenters. The molecule has 1 aromatic heterocycles. The third kappa shape index (κ3) is 2.00. The van der Waals surface area contributed by atoms with Crippen molar-refractivity contribution in [2.75, 3.05) is 0 Å². The van der Waals surface area contributed by atoms with E-state index in [1.165, 1.54) is 5.56 Å². The fraction of sp³-hybridized carbons (Fsp3) is 0.500. The van der Waals surface area contributed by atoms with Gasteiger partial charge in [-0.3, -0.25) is 9.78 Å². The second-order valence-corrected chi connectivity index (χ2v) is 4.07. The summed E-state index contributed by atoms with van der Waals surface area (Å²) in [6.07, 6.45) is 5.34. The van der Waals surface area contributed by atoms with E-state index in [0.717, 1.165) is 31.4 Å². The Morgan fingerprint density at radius 1 is 1.29 bits per heavy atom. The van der Waals surface area contributed by atoms with Crippen LogP contribution in [0.25, 0.3) is 0 Å². The summed E-state index contributed by atoms with van der Waals surface area (Å²) in [6, 6.07) is 4.19. The molecule has 0 aliphatic heterocycles. The number of carbonyl (C=O) groups excluding carboxylic acids is 1. The molecule has 1 saturated carbocycles. The van der Waals surface area contributed by atoms with Gasteiger partial charge in [-0.1, -0.05) is 6.07 Å². The lowest BCUT2D eigenvalue weighted by Gasteiger charge is -2.20. The van der Waals surface area contributed by atoms with Crippen molar-refractivity contribution in [2.45, 2.75) is 38.5 Å². The van der Waals surface area contributed by atoms with Gasteiger partial charge in [0.1, 0.15) is 5.78 Å². The van der Waals surface area contributed by atoms with Crippen LogP contribution in [-0.2, 0) is 4.79 Å². The van der Waals surface area contributed by atoms with Crippen LogP contribution in [0.1, 0.15) is 42.9 Å². The standard InChI is InChI=1S/C12H15NO/c1-9-2-7-12(13-8-9)10-3-5-11(14)6-4-10/h2,7-8,10H,3-6H2,1H3. The van der Waals surface area contributed by atoms with E-state index in [0.29, 0.717) is 11.7 Å². The quantitative estimate of drug-likeness (QED) is 0.679. The van der Waals surface area contributed by atoms with E-state index < -0.39 is 0 Å². The molecule has 1 fully saturated rings. The number of hydrogen-bond acceptors (Lipinski definition) is 2. The molecule has 1 aromatic rings. The Balaban J connectivity index is 2.08. The molecular formula is C12H15NO.